The van der Waals surface area contributed by atoms with E-state index >= 15 is 0 Å². The molecule has 0 spiro atoms. The van der Waals surface area contributed by atoms with Crippen LogP contribution in [0, 0.1) is 10.1 Å². The monoisotopic (exact) mass is 251 g/mol. The second kappa shape index (κ2) is 4.96. The Morgan fingerprint density at radius 3 is 2.83 bits per heavy atom. The van der Waals surface area contributed by atoms with E-state index in [1.807, 2.05) is 11.9 Å². The van der Waals surface area contributed by atoms with Gasteiger partial charge in [0.05, 0.1) is 10.6 Å². The molecule has 0 saturated heterocycles. The van der Waals surface area contributed by atoms with Crippen molar-refractivity contribution in [1.82, 2.24) is 10.3 Å². The highest BCUT2D eigenvalue weighted by atomic mass is 16.6. The Balaban J connectivity index is 2.44. The van der Waals surface area contributed by atoms with Crippen LogP contribution >= 0.6 is 0 Å². The van der Waals surface area contributed by atoms with Crippen LogP contribution in [0.4, 0.5) is 11.4 Å². The van der Waals surface area contributed by atoms with Crippen LogP contribution in [0.2, 0.25) is 0 Å². The van der Waals surface area contributed by atoms with E-state index in [1.54, 1.807) is 6.07 Å². The van der Waals surface area contributed by atoms with Gasteiger partial charge in [-0.05, 0) is 29.3 Å². The molecule has 2 N–H and O–H groups in total. The average molecular weight is 251 g/mol. The van der Waals surface area contributed by atoms with Crippen LogP contribution in [-0.4, -0.2) is 35.4 Å². The molecular formula is C10H13N5O3. The van der Waals surface area contributed by atoms with Crippen LogP contribution in [0.25, 0.3) is 11.0 Å². The molecule has 0 amide bonds. The molecule has 0 unspecified atom stereocenters. The van der Waals surface area contributed by atoms with Crippen LogP contribution in [0.1, 0.15) is 6.42 Å². The van der Waals surface area contributed by atoms with Gasteiger partial charge in [0.2, 0.25) is 5.52 Å². The van der Waals surface area contributed by atoms with Crippen molar-refractivity contribution in [2.75, 3.05) is 25.0 Å². The number of nitro benzene ring substituents is 1. The molecule has 1 aromatic heterocycles. The van der Waals surface area contributed by atoms with Gasteiger partial charge in [-0.15, -0.1) is 0 Å². The fourth-order valence-corrected chi connectivity index (χ4v) is 1.74. The fraction of sp³-hybridized carbons (Fsp3) is 0.400. The van der Waals surface area contributed by atoms with E-state index in [4.69, 9.17) is 5.73 Å². The highest BCUT2D eigenvalue weighted by Crippen LogP contribution is 2.30. The van der Waals surface area contributed by atoms with Crippen molar-refractivity contribution in [3.63, 3.8) is 0 Å². The number of nitrogens with two attached hydrogens (primary N) is 1. The summed E-state index contributed by atoms with van der Waals surface area (Å²) < 4.78 is 4.60. The van der Waals surface area contributed by atoms with E-state index in [-0.39, 0.29) is 11.2 Å². The van der Waals surface area contributed by atoms with Gasteiger partial charge < -0.3 is 10.6 Å². The molecule has 0 aliphatic rings. The molecule has 0 bridgehead atoms. The summed E-state index contributed by atoms with van der Waals surface area (Å²) in [5.74, 6) is 0. The number of nitrogens with zero attached hydrogens (tertiary/aromatic N) is 4. The summed E-state index contributed by atoms with van der Waals surface area (Å²) in [5.41, 5.74) is 6.64. The Hall–Kier alpha value is -2.22. The molecule has 18 heavy (non-hydrogen) atoms. The fourth-order valence-electron chi connectivity index (χ4n) is 1.74. The third-order valence-electron chi connectivity index (χ3n) is 2.68. The van der Waals surface area contributed by atoms with Crippen molar-refractivity contribution in [3.8, 4) is 0 Å². The predicted molar refractivity (Wildman–Crippen MR) is 65.4 cm³/mol. The maximum absolute atomic E-state index is 10.8. The minimum Gasteiger partial charge on any atom is -0.373 e. The van der Waals surface area contributed by atoms with Gasteiger partial charge in [-0.1, -0.05) is 0 Å². The second-order valence-corrected chi connectivity index (χ2v) is 3.89. The van der Waals surface area contributed by atoms with Crippen LogP contribution in [0.3, 0.4) is 0 Å². The molecule has 0 aliphatic heterocycles. The topological polar surface area (TPSA) is 111 Å². The SMILES string of the molecule is CN(CCCN)c1ccc([N+](=O)[O-])c2nonc12. The van der Waals surface area contributed by atoms with Crippen LogP contribution in [0.5, 0.6) is 0 Å². The first-order chi connectivity index (χ1) is 8.65. The largest absolute Gasteiger partial charge is 0.373 e. The lowest BCUT2D eigenvalue weighted by Gasteiger charge is -2.18. The van der Waals surface area contributed by atoms with Crippen molar-refractivity contribution in [2.24, 2.45) is 5.73 Å². The van der Waals surface area contributed by atoms with Gasteiger partial charge in [0.25, 0.3) is 0 Å². The van der Waals surface area contributed by atoms with Crippen molar-refractivity contribution < 1.29 is 9.55 Å². The number of aromatic nitrogens is 2. The lowest BCUT2D eigenvalue weighted by atomic mass is 10.2. The molecule has 2 rings (SSSR count). The highest BCUT2D eigenvalue weighted by Gasteiger charge is 2.20. The number of nitro groups is 1. The van der Waals surface area contributed by atoms with E-state index in [1.165, 1.54) is 6.07 Å². The van der Waals surface area contributed by atoms with Crippen molar-refractivity contribution in [1.29, 1.82) is 0 Å². The number of hydrogen-bond donors (Lipinski definition) is 1. The van der Waals surface area contributed by atoms with E-state index in [0.717, 1.165) is 18.7 Å². The number of rotatable bonds is 5. The van der Waals surface area contributed by atoms with Crippen molar-refractivity contribution >= 4 is 22.4 Å². The zero-order valence-corrected chi connectivity index (χ0v) is 9.87. The molecule has 1 aromatic carbocycles. The van der Waals surface area contributed by atoms with Gasteiger partial charge in [0.15, 0.2) is 5.52 Å². The van der Waals surface area contributed by atoms with E-state index < -0.39 is 4.92 Å². The summed E-state index contributed by atoms with van der Waals surface area (Å²) in [6.45, 7) is 1.31. The van der Waals surface area contributed by atoms with E-state index in [0.29, 0.717) is 12.1 Å². The normalized spacial score (nSPS) is 10.8. The first kappa shape index (κ1) is 12.2. The quantitative estimate of drug-likeness (QED) is 0.621. The number of hydrogen-bond acceptors (Lipinski definition) is 7. The second-order valence-electron chi connectivity index (χ2n) is 3.89. The summed E-state index contributed by atoms with van der Waals surface area (Å²) >= 11 is 0. The van der Waals surface area contributed by atoms with Gasteiger partial charge in [-0.2, -0.15) is 0 Å². The zero-order valence-electron chi connectivity index (χ0n) is 9.87. The summed E-state index contributed by atoms with van der Waals surface area (Å²) in [7, 11) is 1.87. The summed E-state index contributed by atoms with van der Waals surface area (Å²) in [6, 6.07) is 3.04. The highest BCUT2D eigenvalue weighted by molar-refractivity contribution is 5.93. The molecule has 0 atom stereocenters. The van der Waals surface area contributed by atoms with Crippen molar-refractivity contribution in [2.45, 2.75) is 6.42 Å². The lowest BCUT2D eigenvalue weighted by molar-refractivity contribution is -0.383. The van der Waals surface area contributed by atoms with E-state index in [2.05, 4.69) is 14.9 Å². The lowest BCUT2D eigenvalue weighted by Crippen LogP contribution is -2.21. The molecule has 1 heterocycles. The minimum absolute atomic E-state index is 0.109. The molecule has 0 aliphatic carbocycles. The van der Waals surface area contributed by atoms with Gasteiger partial charge in [-0.25, -0.2) is 4.63 Å². The summed E-state index contributed by atoms with van der Waals surface area (Å²) in [5, 5.41) is 18.1. The Morgan fingerprint density at radius 1 is 1.44 bits per heavy atom. The first-order valence-electron chi connectivity index (χ1n) is 5.46. The van der Waals surface area contributed by atoms with Crippen LogP contribution in [-0.2, 0) is 0 Å². The third kappa shape index (κ3) is 2.09. The van der Waals surface area contributed by atoms with Crippen molar-refractivity contribution in [3.05, 3.63) is 22.2 Å². The van der Waals surface area contributed by atoms with Gasteiger partial charge >= 0.3 is 5.69 Å². The summed E-state index contributed by atoms with van der Waals surface area (Å²) in [4.78, 5) is 12.2. The summed E-state index contributed by atoms with van der Waals surface area (Å²) in [6.07, 6.45) is 0.820. The molecule has 2 aromatic rings. The molecule has 8 heteroatoms. The third-order valence-corrected chi connectivity index (χ3v) is 2.68. The Labute approximate surface area is 102 Å². The maximum Gasteiger partial charge on any atom is 0.300 e. The molecule has 0 fully saturated rings. The molecule has 8 nitrogen and oxygen atoms in total. The Kier molecular flexibility index (Phi) is 3.38. The standard InChI is InChI=1S/C10H13N5O3/c1-14(6-2-5-11)7-3-4-8(15(16)17)10-9(7)12-18-13-10/h3-4H,2,5-6,11H2,1H3. The number of anilines is 1. The Bertz CT molecular complexity index is 568. The smallest absolute Gasteiger partial charge is 0.300 e. The molecular weight excluding hydrogens is 238 g/mol. The Morgan fingerprint density at radius 2 is 2.17 bits per heavy atom. The number of benzene rings is 1. The predicted octanol–water partition coefficient (Wildman–Crippen LogP) is 0.916. The minimum atomic E-state index is -0.504. The van der Waals surface area contributed by atoms with E-state index in [9.17, 15) is 10.1 Å². The molecule has 0 saturated carbocycles. The number of non-ortho nitro benzene ring substituents is 1. The molecule has 96 valence electrons. The zero-order chi connectivity index (χ0) is 13.1. The maximum atomic E-state index is 10.8. The average Bonchev–Trinajstić information content (AvgIpc) is 2.83. The number of fused-ring (bicyclic) bond motifs is 1. The van der Waals surface area contributed by atoms with Crippen LogP contribution in [0.15, 0.2) is 16.8 Å². The van der Waals surface area contributed by atoms with Crippen LogP contribution < -0.4 is 10.6 Å². The first-order valence-corrected chi connectivity index (χ1v) is 5.46. The van der Waals surface area contributed by atoms with Gasteiger partial charge in [0, 0.05) is 19.7 Å². The van der Waals surface area contributed by atoms with Gasteiger partial charge in [-0.3, -0.25) is 10.1 Å². The molecule has 0 radical (unpaired) electrons. The van der Waals surface area contributed by atoms with Gasteiger partial charge in [0.1, 0.15) is 0 Å².